The first kappa shape index (κ1) is 18.2. The van der Waals surface area contributed by atoms with Crippen LogP contribution in [0.25, 0.3) is 10.9 Å². The molecule has 4 heteroatoms. The van der Waals surface area contributed by atoms with E-state index in [1.807, 2.05) is 12.1 Å². The number of hydrogen-bond donors (Lipinski definition) is 2. The van der Waals surface area contributed by atoms with E-state index in [0.29, 0.717) is 0 Å². The zero-order valence-electron chi connectivity index (χ0n) is 16.7. The van der Waals surface area contributed by atoms with Gasteiger partial charge in [-0.25, -0.2) is 0 Å². The van der Waals surface area contributed by atoms with E-state index in [2.05, 4.69) is 28.1 Å². The summed E-state index contributed by atoms with van der Waals surface area (Å²) in [5.41, 5.74) is 1.99. The maximum Gasteiger partial charge on any atom is 0.268 e. The quantitative estimate of drug-likeness (QED) is 0.695. The van der Waals surface area contributed by atoms with Gasteiger partial charge in [0.1, 0.15) is 5.69 Å². The number of aliphatic hydroxyl groups excluding tert-OH is 1. The lowest BCUT2D eigenvalue weighted by Crippen LogP contribution is -2.60. The second-order valence-corrected chi connectivity index (χ2v) is 9.68. The lowest BCUT2D eigenvalue weighted by atomic mass is 9.53. The molecule has 4 aliphatic carbocycles. The van der Waals surface area contributed by atoms with E-state index in [1.54, 1.807) is 0 Å². The van der Waals surface area contributed by atoms with Crippen LogP contribution >= 0.6 is 0 Å². The number of unbranched alkanes of at least 4 members (excludes halogenated alkanes) is 2. The highest BCUT2D eigenvalue weighted by atomic mass is 16.2. The van der Waals surface area contributed by atoms with Gasteiger partial charge in [0.05, 0.1) is 0 Å². The number of carbonyl (C=O) groups is 1. The van der Waals surface area contributed by atoms with Crippen molar-refractivity contribution in [1.29, 1.82) is 0 Å². The number of nitrogens with one attached hydrogen (secondary N) is 1. The van der Waals surface area contributed by atoms with Crippen molar-refractivity contribution in [2.45, 2.75) is 69.9 Å². The highest BCUT2D eigenvalue weighted by molar-refractivity contribution is 5.99. The van der Waals surface area contributed by atoms with Crippen LogP contribution in [-0.2, 0) is 6.54 Å². The molecule has 4 fully saturated rings. The number of aromatic nitrogens is 1. The summed E-state index contributed by atoms with van der Waals surface area (Å²) in [7, 11) is 0. The second kappa shape index (κ2) is 7.22. The standard InChI is InChI=1S/C24H32N2O2/c27-9-5-1-4-8-26-21-7-3-2-6-20(21)13-22(26)23(28)25-24-14-17-10-18(15-24)12-19(11-17)16-24/h2-3,6-7,13,17-19,27H,1,4-5,8-12,14-16H2,(H,25,28). The zero-order valence-corrected chi connectivity index (χ0v) is 16.7. The number of amides is 1. The fraction of sp³-hybridized carbons (Fsp3) is 0.625. The molecule has 1 heterocycles. The van der Waals surface area contributed by atoms with E-state index in [-0.39, 0.29) is 18.1 Å². The Morgan fingerprint density at radius 2 is 1.71 bits per heavy atom. The van der Waals surface area contributed by atoms with Crippen molar-refractivity contribution >= 4 is 16.8 Å². The minimum atomic E-state index is 0.0456. The van der Waals surface area contributed by atoms with Gasteiger partial charge in [-0.1, -0.05) is 18.2 Å². The molecule has 28 heavy (non-hydrogen) atoms. The molecule has 150 valence electrons. The van der Waals surface area contributed by atoms with Gasteiger partial charge in [-0.2, -0.15) is 0 Å². The number of carbonyl (C=O) groups excluding carboxylic acids is 1. The number of fused-ring (bicyclic) bond motifs is 1. The van der Waals surface area contributed by atoms with E-state index in [4.69, 9.17) is 5.11 Å². The Morgan fingerprint density at radius 1 is 1.04 bits per heavy atom. The number of benzene rings is 1. The van der Waals surface area contributed by atoms with Crippen LogP contribution in [0.2, 0.25) is 0 Å². The molecule has 4 nitrogen and oxygen atoms in total. The van der Waals surface area contributed by atoms with E-state index in [9.17, 15) is 4.79 Å². The van der Waals surface area contributed by atoms with Crippen LogP contribution in [0.5, 0.6) is 0 Å². The minimum Gasteiger partial charge on any atom is -0.396 e. The molecule has 2 aromatic rings. The third kappa shape index (κ3) is 3.26. The summed E-state index contributed by atoms with van der Waals surface area (Å²) in [4.78, 5) is 13.4. The fourth-order valence-corrected chi connectivity index (χ4v) is 6.77. The molecular formula is C24H32N2O2. The number of nitrogens with zero attached hydrogens (tertiary/aromatic N) is 1. The highest BCUT2D eigenvalue weighted by Crippen LogP contribution is 2.55. The van der Waals surface area contributed by atoms with Crippen molar-refractivity contribution in [1.82, 2.24) is 9.88 Å². The molecule has 2 N–H and O–H groups in total. The highest BCUT2D eigenvalue weighted by Gasteiger charge is 2.51. The Hall–Kier alpha value is -1.81. The van der Waals surface area contributed by atoms with Gasteiger partial charge >= 0.3 is 0 Å². The Morgan fingerprint density at radius 3 is 2.39 bits per heavy atom. The Balaban J connectivity index is 1.40. The molecule has 0 aliphatic heterocycles. The van der Waals surface area contributed by atoms with Crippen molar-refractivity contribution in [3.63, 3.8) is 0 Å². The molecule has 4 saturated carbocycles. The van der Waals surface area contributed by atoms with E-state index < -0.39 is 0 Å². The molecule has 1 aromatic carbocycles. The maximum absolute atomic E-state index is 13.4. The first-order valence-electron chi connectivity index (χ1n) is 11.2. The molecule has 4 aliphatic rings. The van der Waals surface area contributed by atoms with Crippen molar-refractivity contribution < 1.29 is 9.90 Å². The predicted molar refractivity (Wildman–Crippen MR) is 111 cm³/mol. The summed E-state index contributed by atoms with van der Waals surface area (Å²) in [5, 5.41) is 13.7. The molecule has 0 spiro atoms. The second-order valence-electron chi connectivity index (χ2n) is 9.68. The summed E-state index contributed by atoms with van der Waals surface area (Å²) in [6, 6.07) is 10.4. The van der Waals surface area contributed by atoms with Crippen molar-refractivity contribution in [2.24, 2.45) is 17.8 Å². The van der Waals surface area contributed by atoms with E-state index in [1.165, 1.54) is 38.5 Å². The van der Waals surface area contributed by atoms with Gasteiger partial charge in [-0.3, -0.25) is 4.79 Å². The van der Waals surface area contributed by atoms with Gasteiger partial charge in [-0.05, 0) is 87.7 Å². The summed E-state index contributed by atoms with van der Waals surface area (Å²) >= 11 is 0. The average molecular weight is 381 g/mol. The summed E-state index contributed by atoms with van der Waals surface area (Å²) in [5.74, 6) is 2.60. The zero-order chi connectivity index (χ0) is 19.1. The van der Waals surface area contributed by atoms with Gasteiger partial charge in [-0.15, -0.1) is 0 Å². The molecule has 0 saturated heterocycles. The topological polar surface area (TPSA) is 54.3 Å². The normalized spacial score (nSPS) is 30.8. The maximum atomic E-state index is 13.4. The van der Waals surface area contributed by atoms with Crippen LogP contribution in [0, 0.1) is 17.8 Å². The van der Waals surface area contributed by atoms with E-state index >= 15 is 0 Å². The Labute approximate surface area is 167 Å². The summed E-state index contributed by atoms with van der Waals surface area (Å²) in [6.45, 7) is 1.07. The van der Waals surface area contributed by atoms with Crippen LogP contribution in [0.1, 0.15) is 68.3 Å². The van der Waals surface area contributed by atoms with Crippen LogP contribution < -0.4 is 5.32 Å². The van der Waals surface area contributed by atoms with Crippen molar-refractivity contribution in [3.8, 4) is 0 Å². The first-order chi connectivity index (χ1) is 13.7. The van der Waals surface area contributed by atoms with Crippen molar-refractivity contribution in [3.05, 3.63) is 36.0 Å². The van der Waals surface area contributed by atoms with Crippen LogP contribution in [0.4, 0.5) is 0 Å². The van der Waals surface area contributed by atoms with Gasteiger partial charge < -0.3 is 15.0 Å². The summed E-state index contributed by atoms with van der Waals surface area (Å²) in [6.07, 6.45) is 10.5. The number of aryl methyl sites for hydroxylation is 1. The molecule has 0 radical (unpaired) electrons. The molecule has 0 unspecified atom stereocenters. The fourth-order valence-electron chi connectivity index (χ4n) is 6.77. The van der Waals surface area contributed by atoms with Gasteiger partial charge in [0.15, 0.2) is 0 Å². The van der Waals surface area contributed by atoms with Crippen molar-refractivity contribution in [2.75, 3.05) is 6.61 Å². The van der Waals surface area contributed by atoms with Gasteiger partial charge in [0.25, 0.3) is 5.91 Å². The number of hydrogen-bond acceptors (Lipinski definition) is 2. The predicted octanol–water partition coefficient (Wildman–Crippen LogP) is 4.50. The number of rotatable bonds is 7. The monoisotopic (exact) mass is 380 g/mol. The first-order valence-corrected chi connectivity index (χ1v) is 11.2. The average Bonchev–Trinajstić information content (AvgIpc) is 3.03. The molecular weight excluding hydrogens is 348 g/mol. The Kier molecular flexibility index (Phi) is 4.70. The van der Waals surface area contributed by atoms with E-state index in [0.717, 1.165) is 60.2 Å². The van der Waals surface area contributed by atoms with Gasteiger partial charge in [0.2, 0.25) is 0 Å². The SMILES string of the molecule is O=C(NC12CC3CC(CC(C3)C1)C2)c1cc2ccccc2n1CCCCCO. The van der Waals surface area contributed by atoms with Crippen LogP contribution in [0.15, 0.2) is 30.3 Å². The smallest absolute Gasteiger partial charge is 0.268 e. The molecule has 1 aromatic heterocycles. The van der Waals surface area contributed by atoms with Gasteiger partial charge in [0, 0.05) is 29.6 Å². The number of para-hydroxylation sites is 1. The third-order valence-electron chi connectivity index (χ3n) is 7.50. The molecule has 1 amide bonds. The van der Waals surface area contributed by atoms with Crippen LogP contribution in [-0.4, -0.2) is 27.7 Å². The minimum absolute atomic E-state index is 0.0456. The largest absolute Gasteiger partial charge is 0.396 e. The lowest BCUT2D eigenvalue weighted by molar-refractivity contribution is -0.0168. The molecule has 0 atom stereocenters. The Bertz CT molecular complexity index is 833. The lowest BCUT2D eigenvalue weighted by Gasteiger charge is -2.56. The van der Waals surface area contributed by atoms with Crippen LogP contribution in [0.3, 0.4) is 0 Å². The molecule has 4 bridgehead atoms. The third-order valence-corrected chi connectivity index (χ3v) is 7.50. The number of aliphatic hydroxyl groups is 1. The molecule has 6 rings (SSSR count). The summed E-state index contributed by atoms with van der Waals surface area (Å²) < 4.78 is 2.20.